The molecule has 0 unspecified atom stereocenters. The predicted molar refractivity (Wildman–Crippen MR) is 80.2 cm³/mol. The number of ether oxygens (including phenoxy) is 1. The Labute approximate surface area is 130 Å². The molecular formula is C15H23N5O2. The summed E-state index contributed by atoms with van der Waals surface area (Å²) in [6.45, 7) is 10.5. The van der Waals surface area contributed by atoms with Crippen LogP contribution in [0, 0.1) is 6.92 Å². The number of rotatable bonds is 4. The largest absolute Gasteiger partial charge is 0.375 e. The predicted octanol–water partition coefficient (Wildman–Crippen LogP) is 2.12. The lowest BCUT2D eigenvalue weighted by Gasteiger charge is -2.37. The van der Waals surface area contributed by atoms with Crippen LogP contribution in [0.1, 0.15) is 50.4 Å². The first-order valence-electron chi connectivity index (χ1n) is 7.74. The Hall–Kier alpha value is -1.73. The Kier molecular flexibility index (Phi) is 4.26. The zero-order valence-corrected chi connectivity index (χ0v) is 13.6. The fourth-order valence-corrected chi connectivity index (χ4v) is 2.97. The van der Waals surface area contributed by atoms with Gasteiger partial charge in [-0.2, -0.15) is 4.98 Å². The standard InChI is InChI=1S/C15H23N5O2/c1-10(2)20-6-5-16-13(20)9-19-7-8-21-11(3)14(19)15-17-12(4)18-22-15/h5-6,10-11,14H,7-9H2,1-4H3/t11-,14+/m1/s1. The average Bonchev–Trinajstić information content (AvgIpc) is 3.08. The third-order valence-electron chi connectivity index (χ3n) is 4.04. The molecule has 120 valence electrons. The number of morpholine rings is 1. The van der Waals surface area contributed by atoms with Crippen molar-refractivity contribution in [3.05, 3.63) is 29.9 Å². The Morgan fingerprint density at radius 2 is 2.23 bits per heavy atom. The fourth-order valence-electron chi connectivity index (χ4n) is 2.97. The van der Waals surface area contributed by atoms with E-state index in [1.165, 1.54) is 0 Å². The zero-order chi connectivity index (χ0) is 15.7. The van der Waals surface area contributed by atoms with Crippen LogP contribution in [0.15, 0.2) is 16.9 Å². The van der Waals surface area contributed by atoms with E-state index < -0.39 is 0 Å². The van der Waals surface area contributed by atoms with E-state index >= 15 is 0 Å². The number of nitrogens with zero attached hydrogens (tertiary/aromatic N) is 5. The summed E-state index contributed by atoms with van der Waals surface area (Å²) in [5.74, 6) is 2.31. The van der Waals surface area contributed by atoms with E-state index in [9.17, 15) is 0 Å². The van der Waals surface area contributed by atoms with Gasteiger partial charge in [0.05, 0.1) is 19.3 Å². The monoisotopic (exact) mass is 305 g/mol. The highest BCUT2D eigenvalue weighted by atomic mass is 16.5. The van der Waals surface area contributed by atoms with Crippen molar-refractivity contribution >= 4 is 0 Å². The molecule has 3 heterocycles. The maximum absolute atomic E-state index is 5.78. The van der Waals surface area contributed by atoms with Crippen LogP contribution in [-0.2, 0) is 11.3 Å². The van der Waals surface area contributed by atoms with Crippen LogP contribution in [0.5, 0.6) is 0 Å². The third kappa shape index (κ3) is 2.91. The zero-order valence-electron chi connectivity index (χ0n) is 13.6. The lowest BCUT2D eigenvalue weighted by molar-refractivity contribution is -0.0774. The van der Waals surface area contributed by atoms with E-state index in [2.05, 4.69) is 38.4 Å². The number of aryl methyl sites for hydroxylation is 1. The highest BCUT2D eigenvalue weighted by molar-refractivity contribution is 5.01. The minimum absolute atomic E-state index is 0.0102. The third-order valence-corrected chi connectivity index (χ3v) is 4.04. The normalized spacial score (nSPS) is 23.3. The summed E-state index contributed by atoms with van der Waals surface area (Å²) < 4.78 is 13.4. The second-order valence-electron chi connectivity index (χ2n) is 6.02. The van der Waals surface area contributed by atoms with Gasteiger partial charge in [-0.05, 0) is 27.7 Å². The van der Waals surface area contributed by atoms with E-state index in [0.717, 1.165) is 18.9 Å². The molecule has 3 rings (SSSR count). The molecule has 7 heteroatoms. The summed E-state index contributed by atoms with van der Waals surface area (Å²) in [5.41, 5.74) is 0. The van der Waals surface area contributed by atoms with Gasteiger partial charge in [0.25, 0.3) is 0 Å². The van der Waals surface area contributed by atoms with Gasteiger partial charge in [0.1, 0.15) is 11.9 Å². The maximum atomic E-state index is 5.78. The van der Waals surface area contributed by atoms with Crippen LogP contribution in [0.25, 0.3) is 0 Å². The molecule has 0 radical (unpaired) electrons. The van der Waals surface area contributed by atoms with Gasteiger partial charge in [-0.25, -0.2) is 4.98 Å². The molecule has 1 saturated heterocycles. The number of hydrogen-bond donors (Lipinski definition) is 0. The molecule has 0 aromatic carbocycles. The lowest BCUT2D eigenvalue weighted by atomic mass is 10.1. The van der Waals surface area contributed by atoms with Gasteiger partial charge in [-0.3, -0.25) is 4.90 Å². The van der Waals surface area contributed by atoms with Crippen LogP contribution >= 0.6 is 0 Å². The molecule has 0 spiro atoms. The Bertz CT molecular complexity index is 621. The fraction of sp³-hybridized carbons (Fsp3) is 0.667. The number of hydrogen-bond acceptors (Lipinski definition) is 6. The first kappa shape index (κ1) is 15.2. The molecule has 1 aliphatic heterocycles. The van der Waals surface area contributed by atoms with Crippen LogP contribution in [-0.4, -0.2) is 43.8 Å². The van der Waals surface area contributed by atoms with Crippen molar-refractivity contribution < 1.29 is 9.26 Å². The molecule has 2 atom stereocenters. The van der Waals surface area contributed by atoms with E-state index in [4.69, 9.17) is 9.26 Å². The molecule has 2 aromatic rings. The molecule has 1 fully saturated rings. The molecule has 0 aliphatic carbocycles. The Morgan fingerprint density at radius 1 is 1.41 bits per heavy atom. The lowest BCUT2D eigenvalue weighted by Crippen LogP contribution is -2.44. The second kappa shape index (κ2) is 6.18. The number of aromatic nitrogens is 4. The van der Waals surface area contributed by atoms with Crippen molar-refractivity contribution in [2.24, 2.45) is 0 Å². The molecule has 1 aliphatic rings. The quantitative estimate of drug-likeness (QED) is 0.862. The van der Waals surface area contributed by atoms with Gasteiger partial charge in [-0.1, -0.05) is 5.16 Å². The highest BCUT2D eigenvalue weighted by Crippen LogP contribution is 2.29. The van der Waals surface area contributed by atoms with Crippen LogP contribution in [0.2, 0.25) is 0 Å². The Balaban J connectivity index is 1.85. The number of imidazole rings is 1. The van der Waals surface area contributed by atoms with Crippen molar-refractivity contribution in [1.29, 1.82) is 0 Å². The summed E-state index contributed by atoms with van der Waals surface area (Å²) in [6.07, 6.45) is 3.89. The molecule has 2 aromatic heterocycles. The minimum atomic E-state index is -0.0349. The highest BCUT2D eigenvalue weighted by Gasteiger charge is 2.35. The summed E-state index contributed by atoms with van der Waals surface area (Å²) in [7, 11) is 0. The summed E-state index contributed by atoms with van der Waals surface area (Å²) in [6, 6.07) is 0.354. The minimum Gasteiger partial charge on any atom is -0.375 e. The van der Waals surface area contributed by atoms with Crippen molar-refractivity contribution in [3.63, 3.8) is 0 Å². The van der Waals surface area contributed by atoms with Crippen LogP contribution in [0.3, 0.4) is 0 Å². The van der Waals surface area contributed by atoms with Gasteiger partial charge < -0.3 is 13.8 Å². The molecule has 0 saturated carbocycles. The van der Waals surface area contributed by atoms with Crippen molar-refractivity contribution in [2.75, 3.05) is 13.2 Å². The average molecular weight is 305 g/mol. The first-order valence-corrected chi connectivity index (χ1v) is 7.74. The van der Waals surface area contributed by atoms with Gasteiger partial charge >= 0.3 is 0 Å². The maximum Gasteiger partial charge on any atom is 0.246 e. The second-order valence-corrected chi connectivity index (χ2v) is 6.02. The van der Waals surface area contributed by atoms with Gasteiger partial charge in [-0.15, -0.1) is 0 Å². The molecule has 0 amide bonds. The van der Waals surface area contributed by atoms with Crippen LogP contribution in [0.4, 0.5) is 0 Å². The smallest absolute Gasteiger partial charge is 0.246 e. The topological polar surface area (TPSA) is 69.2 Å². The van der Waals surface area contributed by atoms with Gasteiger partial charge in [0.2, 0.25) is 5.89 Å². The van der Waals surface area contributed by atoms with E-state index in [1.54, 1.807) is 0 Å². The van der Waals surface area contributed by atoms with Crippen molar-refractivity contribution in [1.82, 2.24) is 24.6 Å². The Morgan fingerprint density at radius 3 is 2.91 bits per heavy atom. The summed E-state index contributed by atoms with van der Waals surface area (Å²) in [4.78, 5) is 11.2. The van der Waals surface area contributed by atoms with Gasteiger partial charge in [0.15, 0.2) is 5.82 Å². The molecule has 7 nitrogen and oxygen atoms in total. The van der Waals surface area contributed by atoms with E-state index in [0.29, 0.717) is 24.4 Å². The first-order chi connectivity index (χ1) is 10.6. The molecular weight excluding hydrogens is 282 g/mol. The van der Waals surface area contributed by atoms with E-state index in [-0.39, 0.29) is 12.1 Å². The molecule has 22 heavy (non-hydrogen) atoms. The van der Waals surface area contributed by atoms with E-state index in [1.807, 2.05) is 26.2 Å². The molecule has 0 bridgehead atoms. The van der Waals surface area contributed by atoms with Crippen molar-refractivity contribution in [3.8, 4) is 0 Å². The van der Waals surface area contributed by atoms with Gasteiger partial charge in [0, 0.05) is 25.0 Å². The van der Waals surface area contributed by atoms with Crippen molar-refractivity contribution in [2.45, 2.75) is 52.4 Å². The SMILES string of the molecule is Cc1noc([C@@H]2[C@@H](C)OCCN2Cc2nccn2C(C)C)n1. The van der Waals surface area contributed by atoms with Crippen LogP contribution < -0.4 is 0 Å². The molecule has 0 N–H and O–H groups in total. The summed E-state index contributed by atoms with van der Waals surface area (Å²) in [5, 5.41) is 3.91. The summed E-state index contributed by atoms with van der Waals surface area (Å²) >= 11 is 0.